The summed E-state index contributed by atoms with van der Waals surface area (Å²) < 4.78 is 10.4. The molecule has 3 rings (SSSR count). The second kappa shape index (κ2) is 7.42. The highest BCUT2D eigenvalue weighted by Crippen LogP contribution is 2.48. The van der Waals surface area contributed by atoms with Gasteiger partial charge in [0.25, 0.3) is 0 Å². The minimum atomic E-state index is -0.964. The normalized spacial score (nSPS) is 25.5. The zero-order chi connectivity index (χ0) is 19.7. The molecule has 1 aromatic carbocycles. The van der Waals surface area contributed by atoms with E-state index in [2.05, 4.69) is 5.32 Å². The summed E-state index contributed by atoms with van der Waals surface area (Å²) in [6, 6.07) is 4.64. The third-order valence-corrected chi connectivity index (χ3v) is 5.07. The Morgan fingerprint density at radius 2 is 1.81 bits per heavy atom. The highest BCUT2D eigenvalue weighted by Gasteiger charge is 2.51. The predicted octanol–water partition coefficient (Wildman–Crippen LogP) is 2.72. The van der Waals surface area contributed by atoms with E-state index in [1.807, 2.05) is 26.0 Å². The molecule has 4 atom stereocenters. The molecule has 2 bridgehead atoms. The van der Waals surface area contributed by atoms with Gasteiger partial charge in [0.05, 0.1) is 36.3 Å². The van der Waals surface area contributed by atoms with Crippen LogP contribution in [0.1, 0.15) is 30.6 Å². The average Bonchev–Trinajstić information content (AvgIpc) is 3.23. The molecule has 144 valence electrons. The van der Waals surface area contributed by atoms with E-state index >= 15 is 0 Å². The Kier molecular flexibility index (Phi) is 5.21. The number of carboxylic acid groups (broad SMARTS) is 1. The molecule has 0 saturated heterocycles. The van der Waals surface area contributed by atoms with Crippen molar-refractivity contribution in [2.24, 2.45) is 23.7 Å². The summed E-state index contributed by atoms with van der Waals surface area (Å²) in [6.45, 7) is 3.70. The average molecular weight is 373 g/mol. The van der Waals surface area contributed by atoms with Crippen LogP contribution in [0, 0.1) is 23.7 Å². The van der Waals surface area contributed by atoms with Crippen molar-refractivity contribution in [2.45, 2.75) is 26.4 Å². The van der Waals surface area contributed by atoms with Crippen molar-refractivity contribution >= 4 is 23.5 Å². The quantitative estimate of drug-likeness (QED) is 0.587. The minimum Gasteiger partial charge on any atom is -0.489 e. The summed E-state index contributed by atoms with van der Waals surface area (Å²) in [5.74, 6) is -3.05. The van der Waals surface area contributed by atoms with Crippen molar-refractivity contribution in [1.29, 1.82) is 0 Å². The molecule has 2 aliphatic rings. The van der Waals surface area contributed by atoms with Crippen molar-refractivity contribution in [3.63, 3.8) is 0 Å². The third kappa shape index (κ3) is 3.67. The number of nitrogens with one attached hydrogen (secondary N) is 1. The first-order valence-electron chi connectivity index (χ1n) is 8.92. The molecule has 0 aromatic heterocycles. The maximum atomic E-state index is 12.9. The fourth-order valence-corrected chi connectivity index (χ4v) is 3.96. The molecule has 7 nitrogen and oxygen atoms in total. The van der Waals surface area contributed by atoms with Crippen LogP contribution < -0.4 is 10.1 Å². The van der Waals surface area contributed by atoms with E-state index in [-0.39, 0.29) is 29.4 Å². The molecule has 0 spiro atoms. The molecule has 0 heterocycles. The number of ether oxygens (including phenoxy) is 2. The van der Waals surface area contributed by atoms with Gasteiger partial charge in [0, 0.05) is 0 Å². The summed E-state index contributed by atoms with van der Waals surface area (Å²) in [5, 5.41) is 12.3. The van der Waals surface area contributed by atoms with Crippen molar-refractivity contribution in [3.05, 3.63) is 35.9 Å². The number of carbonyl (C=O) groups is 3. The lowest BCUT2D eigenvalue weighted by atomic mass is 9.82. The fraction of sp³-hybridized carbons (Fsp3) is 0.450. The molecule has 0 unspecified atom stereocenters. The van der Waals surface area contributed by atoms with Crippen LogP contribution in [0.4, 0.5) is 5.69 Å². The van der Waals surface area contributed by atoms with Gasteiger partial charge >= 0.3 is 11.9 Å². The van der Waals surface area contributed by atoms with Gasteiger partial charge in [0.2, 0.25) is 5.91 Å². The highest BCUT2D eigenvalue weighted by atomic mass is 16.5. The Labute approximate surface area is 157 Å². The maximum Gasteiger partial charge on any atom is 0.337 e. The molecular weight excluding hydrogens is 350 g/mol. The highest BCUT2D eigenvalue weighted by molar-refractivity contribution is 5.99. The topological polar surface area (TPSA) is 102 Å². The third-order valence-electron chi connectivity index (χ3n) is 5.07. The Morgan fingerprint density at radius 1 is 1.15 bits per heavy atom. The lowest BCUT2D eigenvalue weighted by Gasteiger charge is -2.24. The number of benzene rings is 1. The van der Waals surface area contributed by atoms with E-state index in [4.69, 9.17) is 9.47 Å². The van der Waals surface area contributed by atoms with Crippen LogP contribution in [0.2, 0.25) is 0 Å². The lowest BCUT2D eigenvalue weighted by molar-refractivity contribution is -0.146. The number of aliphatic carboxylic acids is 1. The Balaban J connectivity index is 1.88. The van der Waals surface area contributed by atoms with Gasteiger partial charge in [-0.05, 0) is 50.3 Å². The number of carbonyl (C=O) groups excluding carboxylic acids is 2. The van der Waals surface area contributed by atoms with Gasteiger partial charge in [-0.3, -0.25) is 9.59 Å². The van der Waals surface area contributed by atoms with Crippen LogP contribution >= 0.6 is 0 Å². The molecule has 2 N–H and O–H groups in total. The molecular formula is C20H23NO6. The fourth-order valence-electron chi connectivity index (χ4n) is 3.96. The number of amides is 1. The zero-order valence-corrected chi connectivity index (χ0v) is 15.5. The number of esters is 1. The number of hydrogen-bond donors (Lipinski definition) is 2. The molecule has 1 amide bonds. The Morgan fingerprint density at radius 3 is 2.41 bits per heavy atom. The monoisotopic (exact) mass is 373 g/mol. The molecule has 0 radical (unpaired) electrons. The summed E-state index contributed by atoms with van der Waals surface area (Å²) >= 11 is 0. The molecule has 7 heteroatoms. The first-order chi connectivity index (χ1) is 12.8. The minimum absolute atomic E-state index is 0.0886. The van der Waals surface area contributed by atoms with Crippen LogP contribution in [-0.2, 0) is 14.3 Å². The van der Waals surface area contributed by atoms with Gasteiger partial charge in [0.15, 0.2) is 0 Å². The zero-order valence-electron chi connectivity index (χ0n) is 15.5. The predicted molar refractivity (Wildman–Crippen MR) is 97.5 cm³/mol. The van der Waals surface area contributed by atoms with Crippen molar-refractivity contribution in [2.75, 3.05) is 12.4 Å². The lowest BCUT2D eigenvalue weighted by Crippen LogP contribution is -2.36. The Hall–Kier alpha value is -2.83. The molecule has 27 heavy (non-hydrogen) atoms. The summed E-state index contributed by atoms with van der Waals surface area (Å²) in [4.78, 5) is 36.4. The van der Waals surface area contributed by atoms with Crippen LogP contribution in [-0.4, -0.2) is 36.2 Å². The van der Waals surface area contributed by atoms with Crippen molar-refractivity contribution in [3.8, 4) is 5.75 Å². The number of hydrogen-bond acceptors (Lipinski definition) is 5. The van der Waals surface area contributed by atoms with Gasteiger partial charge in [-0.2, -0.15) is 0 Å². The summed E-state index contributed by atoms with van der Waals surface area (Å²) in [7, 11) is 1.28. The van der Waals surface area contributed by atoms with E-state index in [0.717, 1.165) is 0 Å². The van der Waals surface area contributed by atoms with Crippen molar-refractivity contribution < 1.29 is 29.0 Å². The summed E-state index contributed by atoms with van der Waals surface area (Å²) in [6.07, 6.45) is 4.34. The molecule has 0 aliphatic heterocycles. The SMILES string of the molecule is COC(=O)c1ccc(OC(C)C)c(NC(=O)[C@@H]2[C@H](C(=O)O)[C@H]3C=C[C@H]2C3)c1. The van der Waals surface area contributed by atoms with E-state index < -0.39 is 23.8 Å². The second-order valence-corrected chi connectivity index (χ2v) is 7.20. The molecule has 2 aliphatic carbocycles. The largest absolute Gasteiger partial charge is 0.489 e. The number of carboxylic acids is 1. The van der Waals surface area contributed by atoms with Gasteiger partial charge in [-0.15, -0.1) is 0 Å². The van der Waals surface area contributed by atoms with Gasteiger partial charge in [-0.25, -0.2) is 4.79 Å². The van der Waals surface area contributed by atoms with Crippen LogP contribution in [0.3, 0.4) is 0 Å². The van der Waals surface area contributed by atoms with Crippen LogP contribution in [0.25, 0.3) is 0 Å². The van der Waals surface area contributed by atoms with Crippen LogP contribution in [0.5, 0.6) is 5.75 Å². The first kappa shape index (κ1) is 18.9. The molecule has 1 fully saturated rings. The van der Waals surface area contributed by atoms with Gasteiger partial charge in [-0.1, -0.05) is 12.2 Å². The molecule has 1 aromatic rings. The van der Waals surface area contributed by atoms with Gasteiger partial charge in [0.1, 0.15) is 5.75 Å². The van der Waals surface area contributed by atoms with E-state index in [1.165, 1.54) is 13.2 Å². The van der Waals surface area contributed by atoms with E-state index in [1.54, 1.807) is 12.1 Å². The number of anilines is 1. The van der Waals surface area contributed by atoms with Gasteiger partial charge < -0.3 is 19.9 Å². The van der Waals surface area contributed by atoms with E-state index in [9.17, 15) is 19.5 Å². The maximum absolute atomic E-state index is 12.9. The number of allylic oxidation sites excluding steroid dienone is 2. The number of rotatable bonds is 6. The number of fused-ring (bicyclic) bond motifs is 2. The van der Waals surface area contributed by atoms with Crippen LogP contribution in [0.15, 0.2) is 30.4 Å². The summed E-state index contributed by atoms with van der Waals surface area (Å²) in [5.41, 5.74) is 0.596. The second-order valence-electron chi connectivity index (χ2n) is 7.20. The first-order valence-corrected chi connectivity index (χ1v) is 8.92. The smallest absolute Gasteiger partial charge is 0.337 e. The van der Waals surface area contributed by atoms with E-state index in [0.29, 0.717) is 17.9 Å². The Bertz CT molecular complexity index is 800. The van der Waals surface area contributed by atoms with Crippen molar-refractivity contribution in [1.82, 2.24) is 0 Å². The number of methoxy groups -OCH3 is 1. The molecule has 1 saturated carbocycles. The standard InChI is InChI=1S/C20H23NO6/c1-10(2)27-15-7-6-13(20(25)26-3)9-14(15)21-18(22)16-11-4-5-12(8-11)17(16)19(23)24/h4-7,9-12,16-17H,8H2,1-3H3,(H,21,22)(H,23,24)/t11-,12-,16-,17+/m0/s1.